The SMILES string of the molecule is O=C(CCC1CCCO1)N1CCC2(CCNC2)CC1. The summed E-state index contributed by atoms with van der Waals surface area (Å²) in [5.74, 6) is 0.344. The van der Waals surface area contributed by atoms with E-state index in [1.54, 1.807) is 0 Å². The number of ether oxygens (including phenoxy) is 1. The van der Waals surface area contributed by atoms with Gasteiger partial charge in [-0.15, -0.1) is 0 Å². The van der Waals surface area contributed by atoms with Crippen LogP contribution in [0.25, 0.3) is 0 Å². The Morgan fingerprint density at radius 3 is 2.79 bits per heavy atom. The van der Waals surface area contributed by atoms with E-state index in [1.165, 1.54) is 19.3 Å². The smallest absolute Gasteiger partial charge is 0.222 e. The van der Waals surface area contributed by atoms with Gasteiger partial charge in [-0.3, -0.25) is 4.79 Å². The molecule has 0 aromatic rings. The highest BCUT2D eigenvalue weighted by atomic mass is 16.5. The molecule has 3 rings (SSSR count). The van der Waals surface area contributed by atoms with Gasteiger partial charge in [0.25, 0.3) is 0 Å². The fourth-order valence-electron chi connectivity index (χ4n) is 3.77. The number of piperidine rings is 1. The van der Waals surface area contributed by atoms with E-state index in [9.17, 15) is 4.79 Å². The molecular formula is C15H26N2O2. The normalized spacial score (nSPS) is 30.1. The van der Waals surface area contributed by atoms with E-state index in [0.29, 0.717) is 23.8 Å². The Hall–Kier alpha value is -0.610. The number of carbonyl (C=O) groups is 1. The van der Waals surface area contributed by atoms with Crippen molar-refractivity contribution in [1.29, 1.82) is 0 Å². The van der Waals surface area contributed by atoms with Crippen molar-refractivity contribution in [1.82, 2.24) is 10.2 Å². The zero-order valence-corrected chi connectivity index (χ0v) is 11.8. The summed E-state index contributed by atoms with van der Waals surface area (Å²) >= 11 is 0. The molecule has 0 bridgehead atoms. The molecule has 3 aliphatic rings. The lowest BCUT2D eigenvalue weighted by Gasteiger charge is -2.39. The first-order valence-corrected chi connectivity index (χ1v) is 7.88. The van der Waals surface area contributed by atoms with Crippen molar-refractivity contribution in [3.05, 3.63) is 0 Å². The highest BCUT2D eigenvalue weighted by Gasteiger charge is 2.37. The molecule has 4 heteroatoms. The molecule has 4 nitrogen and oxygen atoms in total. The maximum atomic E-state index is 12.2. The molecule has 108 valence electrons. The fraction of sp³-hybridized carbons (Fsp3) is 0.933. The summed E-state index contributed by atoms with van der Waals surface area (Å²) < 4.78 is 5.59. The largest absolute Gasteiger partial charge is 0.378 e. The third kappa shape index (κ3) is 3.11. The molecule has 19 heavy (non-hydrogen) atoms. The number of amides is 1. The zero-order chi connectivity index (χ0) is 13.1. The van der Waals surface area contributed by atoms with Crippen LogP contribution in [-0.4, -0.2) is 49.7 Å². The van der Waals surface area contributed by atoms with E-state index >= 15 is 0 Å². The Kier molecular flexibility index (Phi) is 4.08. The monoisotopic (exact) mass is 266 g/mol. The van der Waals surface area contributed by atoms with Crippen molar-refractivity contribution < 1.29 is 9.53 Å². The van der Waals surface area contributed by atoms with Crippen LogP contribution >= 0.6 is 0 Å². The van der Waals surface area contributed by atoms with E-state index in [-0.39, 0.29) is 0 Å². The van der Waals surface area contributed by atoms with Gasteiger partial charge in [-0.1, -0.05) is 0 Å². The molecule has 3 aliphatic heterocycles. The highest BCUT2D eigenvalue weighted by molar-refractivity contribution is 5.76. The Morgan fingerprint density at radius 2 is 2.16 bits per heavy atom. The van der Waals surface area contributed by atoms with Crippen molar-refractivity contribution in [3.63, 3.8) is 0 Å². The molecule has 1 spiro atoms. The molecular weight excluding hydrogens is 240 g/mol. The Labute approximate surface area is 115 Å². The van der Waals surface area contributed by atoms with Crippen LogP contribution in [0.15, 0.2) is 0 Å². The highest BCUT2D eigenvalue weighted by Crippen LogP contribution is 2.37. The molecule has 3 fully saturated rings. The van der Waals surface area contributed by atoms with Gasteiger partial charge in [0.15, 0.2) is 0 Å². The lowest BCUT2D eigenvalue weighted by atomic mass is 9.78. The summed E-state index contributed by atoms with van der Waals surface area (Å²) in [6.07, 6.45) is 7.92. The standard InChI is InChI=1S/C15H26N2O2/c18-14(4-3-13-2-1-11-19-13)17-9-6-15(7-10-17)5-8-16-12-15/h13,16H,1-12H2. The van der Waals surface area contributed by atoms with Crippen molar-refractivity contribution in [2.24, 2.45) is 5.41 Å². The van der Waals surface area contributed by atoms with Crippen LogP contribution in [-0.2, 0) is 9.53 Å². The number of rotatable bonds is 3. The maximum Gasteiger partial charge on any atom is 0.222 e. The number of hydrogen-bond donors (Lipinski definition) is 1. The van der Waals surface area contributed by atoms with E-state index in [4.69, 9.17) is 4.74 Å². The fourth-order valence-corrected chi connectivity index (χ4v) is 3.77. The van der Waals surface area contributed by atoms with Gasteiger partial charge in [-0.25, -0.2) is 0 Å². The molecule has 1 unspecified atom stereocenters. The van der Waals surface area contributed by atoms with Gasteiger partial charge in [-0.2, -0.15) is 0 Å². The minimum Gasteiger partial charge on any atom is -0.378 e. The number of nitrogens with zero attached hydrogens (tertiary/aromatic N) is 1. The molecule has 1 amide bonds. The minimum atomic E-state index is 0.344. The Balaban J connectivity index is 1.41. The Morgan fingerprint density at radius 1 is 1.32 bits per heavy atom. The van der Waals surface area contributed by atoms with Crippen LogP contribution in [0.4, 0.5) is 0 Å². The molecule has 0 saturated carbocycles. The molecule has 0 aromatic heterocycles. The second-order valence-electron chi connectivity index (χ2n) is 6.48. The van der Waals surface area contributed by atoms with Gasteiger partial charge in [0.1, 0.15) is 0 Å². The summed E-state index contributed by atoms with van der Waals surface area (Å²) in [5.41, 5.74) is 0.505. The average Bonchev–Trinajstić information content (AvgIpc) is 3.09. The quantitative estimate of drug-likeness (QED) is 0.842. The van der Waals surface area contributed by atoms with Crippen molar-refractivity contribution in [2.45, 2.75) is 51.0 Å². The third-order valence-corrected chi connectivity index (χ3v) is 5.21. The van der Waals surface area contributed by atoms with E-state index in [2.05, 4.69) is 10.2 Å². The van der Waals surface area contributed by atoms with Gasteiger partial charge in [0.05, 0.1) is 6.10 Å². The van der Waals surface area contributed by atoms with Gasteiger partial charge >= 0.3 is 0 Å². The van der Waals surface area contributed by atoms with Crippen LogP contribution in [0.5, 0.6) is 0 Å². The first-order chi connectivity index (χ1) is 9.27. The molecule has 0 aliphatic carbocycles. The molecule has 0 radical (unpaired) electrons. The van der Waals surface area contributed by atoms with Crippen molar-refractivity contribution >= 4 is 5.91 Å². The van der Waals surface area contributed by atoms with Crippen LogP contribution in [0.3, 0.4) is 0 Å². The molecule has 1 atom stereocenters. The first kappa shape index (κ1) is 13.4. The zero-order valence-electron chi connectivity index (χ0n) is 11.8. The summed E-state index contributed by atoms with van der Waals surface area (Å²) in [7, 11) is 0. The van der Waals surface area contributed by atoms with Gasteiger partial charge in [0.2, 0.25) is 5.91 Å². The number of hydrogen-bond acceptors (Lipinski definition) is 3. The van der Waals surface area contributed by atoms with Crippen LogP contribution in [0.1, 0.15) is 44.9 Å². The molecule has 3 saturated heterocycles. The maximum absolute atomic E-state index is 12.2. The number of likely N-dealkylation sites (tertiary alicyclic amines) is 1. The third-order valence-electron chi connectivity index (χ3n) is 5.21. The van der Waals surface area contributed by atoms with Crippen molar-refractivity contribution in [3.8, 4) is 0 Å². The van der Waals surface area contributed by atoms with Gasteiger partial charge in [-0.05, 0) is 50.5 Å². The topological polar surface area (TPSA) is 41.6 Å². The lowest BCUT2D eigenvalue weighted by Crippen LogP contribution is -2.44. The van der Waals surface area contributed by atoms with Crippen molar-refractivity contribution in [2.75, 3.05) is 32.8 Å². The van der Waals surface area contributed by atoms with Crippen LogP contribution in [0.2, 0.25) is 0 Å². The molecule has 1 N–H and O–H groups in total. The van der Waals surface area contributed by atoms with Gasteiger partial charge < -0.3 is 15.0 Å². The Bertz CT molecular complexity index is 310. The molecule has 3 heterocycles. The second kappa shape index (κ2) is 5.80. The average molecular weight is 266 g/mol. The lowest BCUT2D eigenvalue weighted by molar-refractivity contribution is -0.134. The number of carbonyl (C=O) groups excluding carboxylic acids is 1. The van der Waals surface area contributed by atoms with E-state index in [1.807, 2.05) is 0 Å². The summed E-state index contributed by atoms with van der Waals surface area (Å²) in [5, 5.41) is 3.47. The van der Waals surface area contributed by atoms with Crippen LogP contribution in [0, 0.1) is 5.41 Å². The minimum absolute atomic E-state index is 0.344. The van der Waals surface area contributed by atoms with E-state index < -0.39 is 0 Å². The first-order valence-electron chi connectivity index (χ1n) is 7.88. The predicted molar refractivity (Wildman–Crippen MR) is 73.9 cm³/mol. The summed E-state index contributed by atoms with van der Waals surface area (Å²) in [6.45, 7) is 5.13. The van der Waals surface area contributed by atoms with Crippen LogP contribution < -0.4 is 5.32 Å². The van der Waals surface area contributed by atoms with E-state index in [0.717, 1.165) is 52.0 Å². The molecule has 0 aromatic carbocycles. The summed E-state index contributed by atoms with van der Waals surface area (Å²) in [4.78, 5) is 14.3. The second-order valence-corrected chi connectivity index (χ2v) is 6.48. The van der Waals surface area contributed by atoms with Gasteiger partial charge in [0, 0.05) is 32.7 Å². The predicted octanol–water partition coefficient (Wildman–Crippen LogP) is 1.55. The summed E-state index contributed by atoms with van der Waals surface area (Å²) in [6, 6.07) is 0. The number of nitrogens with one attached hydrogen (secondary N) is 1.